The summed E-state index contributed by atoms with van der Waals surface area (Å²) in [4.78, 5) is 41.9. The van der Waals surface area contributed by atoms with Crippen LogP contribution in [0.15, 0.2) is 54.7 Å². The number of benzene rings is 1. The van der Waals surface area contributed by atoms with Crippen molar-refractivity contribution in [2.45, 2.75) is 31.8 Å². The van der Waals surface area contributed by atoms with Gasteiger partial charge in [0.05, 0.1) is 24.2 Å². The van der Waals surface area contributed by atoms with E-state index in [1.54, 1.807) is 11.1 Å². The minimum absolute atomic E-state index is 0.0464. The first-order valence-corrected chi connectivity index (χ1v) is 9.27. The van der Waals surface area contributed by atoms with Gasteiger partial charge in [0.15, 0.2) is 0 Å². The van der Waals surface area contributed by atoms with Gasteiger partial charge >= 0.3 is 5.97 Å². The van der Waals surface area contributed by atoms with Crippen molar-refractivity contribution in [1.82, 2.24) is 15.2 Å². The number of pyridine rings is 1. The lowest BCUT2D eigenvalue weighted by molar-refractivity contribution is -0.137. The van der Waals surface area contributed by atoms with Gasteiger partial charge in [-0.3, -0.25) is 19.4 Å². The van der Waals surface area contributed by atoms with Crippen LogP contribution in [-0.4, -0.2) is 39.3 Å². The monoisotopic (exact) mass is 381 g/mol. The molecule has 2 N–H and O–H groups in total. The van der Waals surface area contributed by atoms with Crippen LogP contribution in [0.25, 0.3) is 0 Å². The van der Waals surface area contributed by atoms with Gasteiger partial charge in [0, 0.05) is 25.6 Å². The third-order valence-corrected chi connectivity index (χ3v) is 4.83. The first-order valence-electron chi connectivity index (χ1n) is 9.27. The fourth-order valence-corrected chi connectivity index (χ4v) is 3.35. The maximum Gasteiger partial charge on any atom is 0.303 e. The van der Waals surface area contributed by atoms with Gasteiger partial charge < -0.3 is 15.3 Å². The highest BCUT2D eigenvalue weighted by atomic mass is 16.4. The van der Waals surface area contributed by atoms with Crippen LogP contribution < -0.4 is 5.32 Å². The Bertz CT molecular complexity index is 826. The number of hydrogen-bond acceptors (Lipinski definition) is 4. The summed E-state index contributed by atoms with van der Waals surface area (Å²) < 4.78 is 0. The molecule has 2 aromatic rings. The van der Waals surface area contributed by atoms with Crippen molar-refractivity contribution in [2.24, 2.45) is 5.92 Å². The second-order valence-electron chi connectivity index (χ2n) is 6.90. The summed E-state index contributed by atoms with van der Waals surface area (Å²) in [7, 11) is 0. The van der Waals surface area contributed by atoms with Crippen LogP contribution in [0.5, 0.6) is 0 Å². The van der Waals surface area contributed by atoms with E-state index in [-0.39, 0.29) is 24.7 Å². The summed E-state index contributed by atoms with van der Waals surface area (Å²) in [5.74, 6) is -1.66. The zero-order chi connectivity index (χ0) is 19.9. The number of carboxylic acids is 1. The highest BCUT2D eigenvalue weighted by Crippen LogP contribution is 2.23. The van der Waals surface area contributed by atoms with Crippen molar-refractivity contribution < 1.29 is 19.5 Å². The van der Waals surface area contributed by atoms with Gasteiger partial charge in [0.2, 0.25) is 11.8 Å². The minimum atomic E-state index is -0.909. The predicted molar refractivity (Wildman–Crippen MR) is 102 cm³/mol. The summed E-state index contributed by atoms with van der Waals surface area (Å²) in [6.45, 7) is 0.715. The molecular formula is C21H23N3O4. The van der Waals surface area contributed by atoms with E-state index < -0.39 is 17.9 Å². The highest BCUT2D eigenvalue weighted by molar-refractivity contribution is 5.89. The Balaban J connectivity index is 1.63. The number of aromatic nitrogens is 1. The Morgan fingerprint density at radius 2 is 1.93 bits per heavy atom. The standard InChI is InChI=1S/C21H23N3O4/c25-19-12-16(13-24(19)14-17-8-4-5-11-22-17)21(28)23-18(9-10-20(26)27)15-6-2-1-3-7-15/h1-8,11,16,18H,9-10,12-14H2,(H,23,28)(H,26,27)/t16-,18-/m0/s1. The number of hydrogen-bond donors (Lipinski definition) is 2. The van der Waals surface area contributed by atoms with Crippen LogP contribution in [0, 0.1) is 5.92 Å². The molecule has 3 rings (SSSR count). The van der Waals surface area contributed by atoms with Crippen LogP contribution in [0.1, 0.15) is 36.6 Å². The van der Waals surface area contributed by atoms with E-state index in [1.807, 2.05) is 48.5 Å². The number of carbonyl (C=O) groups excluding carboxylic acids is 2. The van der Waals surface area contributed by atoms with Crippen molar-refractivity contribution in [3.8, 4) is 0 Å². The molecule has 0 aliphatic carbocycles. The van der Waals surface area contributed by atoms with Gasteiger partial charge in [-0.2, -0.15) is 0 Å². The average Bonchev–Trinajstić information content (AvgIpc) is 3.07. The van der Waals surface area contributed by atoms with Crippen LogP contribution in [0.2, 0.25) is 0 Å². The molecular weight excluding hydrogens is 358 g/mol. The number of amides is 2. The second kappa shape index (κ2) is 9.12. The molecule has 0 spiro atoms. The number of aliphatic carboxylic acids is 1. The van der Waals surface area contributed by atoms with Gasteiger partial charge in [0.25, 0.3) is 0 Å². The highest BCUT2D eigenvalue weighted by Gasteiger charge is 2.35. The topological polar surface area (TPSA) is 99.6 Å². The predicted octanol–water partition coefficient (Wildman–Crippen LogP) is 2.15. The van der Waals surface area contributed by atoms with Gasteiger partial charge in [-0.25, -0.2) is 0 Å². The van der Waals surface area contributed by atoms with Crippen molar-refractivity contribution in [3.63, 3.8) is 0 Å². The molecule has 2 atom stereocenters. The lowest BCUT2D eigenvalue weighted by Crippen LogP contribution is -2.35. The molecule has 1 aliphatic heterocycles. The van der Waals surface area contributed by atoms with Gasteiger partial charge in [-0.05, 0) is 24.1 Å². The third-order valence-electron chi connectivity index (χ3n) is 4.83. The molecule has 1 aliphatic rings. The Hall–Kier alpha value is -3.22. The molecule has 146 valence electrons. The van der Waals surface area contributed by atoms with E-state index in [1.165, 1.54) is 0 Å². The fraction of sp³-hybridized carbons (Fsp3) is 0.333. The largest absolute Gasteiger partial charge is 0.481 e. The normalized spacial score (nSPS) is 17.4. The van der Waals surface area contributed by atoms with E-state index in [2.05, 4.69) is 10.3 Å². The maximum atomic E-state index is 12.8. The number of carboxylic acid groups (broad SMARTS) is 1. The molecule has 7 nitrogen and oxygen atoms in total. The fourth-order valence-electron chi connectivity index (χ4n) is 3.35. The summed E-state index contributed by atoms with van der Waals surface area (Å²) in [5.41, 5.74) is 1.63. The first-order chi connectivity index (χ1) is 13.5. The third kappa shape index (κ3) is 5.16. The molecule has 2 heterocycles. The summed E-state index contributed by atoms with van der Waals surface area (Å²) in [6, 6.07) is 14.4. The molecule has 0 saturated carbocycles. The summed E-state index contributed by atoms with van der Waals surface area (Å²) >= 11 is 0. The van der Waals surface area contributed by atoms with E-state index in [0.29, 0.717) is 19.5 Å². The van der Waals surface area contributed by atoms with Gasteiger partial charge in [0.1, 0.15) is 0 Å². The molecule has 28 heavy (non-hydrogen) atoms. The molecule has 0 bridgehead atoms. The van der Waals surface area contributed by atoms with Gasteiger partial charge in [-0.1, -0.05) is 36.4 Å². The maximum absolute atomic E-state index is 12.8. The molecule has 1 aromatic carbocycles. The lowest BCUT2D eigenvalue weighted by atomic mass is 10.00. The average molecular weight is 381 g/mol. The molecule has 2 amide bonds. The molecule has 0 unspecified atom stereocenters. The lowest BCUT2D eigenvalue weighted by Gasteiger charge is -2.21. The molecule has 0 radical (unpaired) electrons. The van der Waals surface area contributed by atoms with Crippen molar-refractivity contribution in [3.05, 3.63) is 66.0 Å². The Kier molecular flexibility index (Phi) is 6.37. The smallest absolute Gasteiger partial charge is 0.303 e. The van der Waals surface area contributed by atoms with E-state index in [4.69, 9.17) is 5.11 Å². The Morgan fingerprint density at radius 3 is 2.61 bits per heavy atom. The summed E-state index contributed by atoms with van der Waals surface area (Å²) in [5, 5.41) is 11.9. The second-order valence-corrected chi connectivity index (χ2v) is 6.90. The molecule has 1 aromatic heterocycles. The number of carbonyl (C=O) groups is 3. The van der Waals surface area contributed by atoms with E-state index >= 15 is 0 Å². The van der Waals surface area contributed by atoms with Crippen molar-refractivity contribution in [2.75, 3.05) is 6.54 Å². The Morgan fingerprint density at radius 1 is 1.18 bits per heavy atom. The molecule has 7 heteroatoms. The zero-order valence-corrected chi connectivity index (χ0v) is 15.5. The zero-order valence-electron chi connectivity index (χ0n) is 15.5. The number of nitrogens with zero attached hydrogens (tertiary/aromatic N) is 2. The number of likely N-dealkylation sites (tertiary alicyclic amines) is 1. The molecule has 1 fully saturated rings. The van der Waals surface area contributed by atoms with Crippen LogP contribution in [0.3, 0.4) is 0 Å². The summed E-state index contributed by atoms with van der Waals surface area (Å²) in [6.07, 6.45) is 2.07. The van der Waals surface area contributed by atoms with Crippen LogP contribution in [0.4, 0.5) is 0 Å². The SMILES string of the molecule is O=C(O)CC[C@H](NC(=O)[C@H]1CC(=O)N(Cc2ccccn2)C1)c1ccccc1. The quantitative estimate of drug-likeness (QED) is 0.730. The van der Waals surface area contributed by atoms with E-state index in [9.17, 15) is 14.4 Å². The molecule has 1 saturated heterocycles. The van der Waals surface area contributed by atoms with Crippen molar-refractivity contribution >= 4 is 17.8 Å². The Labute approximate surface area is 163 Å². The number of rotatable bonds is 8. The van der Waals surface area contributed by atoms with E-state index in [0.717, 1.165) is 11.3 Å². The minimum Gasteiger partial charge on any atom is -0.481 e. The van der Waals surface area contributed by atoms with Crippen molar-refractivity contribution in [1.29, 1.82) is 0 Å². The van der Waals surface area contributed by atoms with Crippen LogP contribution in [-0.2, 0) is 20.9 Å². The van der Waals surface area contributed by atoms with Crippen LogP contribution >= 0.6 is 0 Å². The number of nitrogens with one attached hydrogen (secondary N) is 1. The first kappa shape index (κ1) is 19.5. The van der Waals surface area contributed by atoms with Gasteiger partial charge in [-0.15, -0.1) is 0 Å².